The van der Waals surface area contributed by atoms with Gasteiger partial charge in [0.25, 0.3) is 0 Å². The average Bonchev–Trinajstić information content (AvgIpc) is 2.77. The van der Waals surface area contributed by atoms with Gasteiger partial charge in [-0.15, -0.1) is 0 Å². The van der Waals surface area contributed by atoms with Gasteiger partial charge in [-0.05, 0) is 43.5 Å². The molecule has 1 fully saturated rings. The second kappa shape index (κ2) is 4.68. The lowest BCUT2D eigenvalue weighted by Gasteiger charge is -2.25. The average molecular weight is 248 g/mol. The van der Waals surface area contributed by atoms with E-state index in [2.05, 4.69) is 0 Å². The maximum absolute atomic E-state index is 11.2. The van der Waals surface area contributed by atoms with E-state index in [9.17, 15) is 9.59 Å². The summed E-state index contributed by atoms with van der Waals surface area (Å²) in [4.78, 5) is 24.1. The summed E-state index contributed by atoms with van der Waals surface area (Å²) in [6.45, 7) is 2.59. The van der Waals surface area contributed by atoms with E-state index >= 15 is 0 Å². The molecule has 1 aromatic carbocycles. The number of aliphatic carboxylic acids is 1. The molecule has 2 rings (SSSR count). The summed E-state index contributed by atoms with van der Waals surface area (Å²) in [6.07, 6.45) is 1.53. The van der Waals surface area contributed by atoms with Gasteiger partial charge in [0.15, 0.2) is 0 Å². The van der Waals surface area contributed by atoms with Gasteiger partial charge in [-0.3, -0.25) is 4.79 Å². The van der Waals surface area contributed by atoms with Crippen LogP contribution < -0.4 is 10.6 Å². The predicted octanol–water partition coefficient (Wildman–Crippen LogP) is 1.15. The predicted molar refractivity (Wildman–Crippen MR) is 67.7 cm³/mol. The molecule has 18 heavy (non-hydrogen) atoms. The largest absolute Gasteiger partial charge is 0.480 e. The molecule has 0 saturated carbocycles. The molecule has 3 N–H and O–H groups in total. The maximum atomic E-state index is 11.2. The van der Waals surface area contributed by atoms with Crippen LogP contribution in [0.5, 0.6) is 0 Å². The molecule has 1 amide bonds. The minimum atomic E-state index is -0.800. The topological polar surface area (TPSA) is 83.6 Å². The van der Waals surface area contributed by atoms with E-state index in [1.807, 2.05) is 11.8 Å². The van der Waals surface area contributed by atoms with E-state index in [0.717, 1.165) is 24.2 Å². The number of anilines is 1. The van der Waals surface area contributed by atoms with E-state index in [1.54, 1.807) is 18.2 Å². The number of carbonyl (C=O) groups excluding carboxylic acids is 1. The van der Waals surface area contributed by atoms with Crippen LogP contribution in [-0.2, 0) is 4.79 Å². The molecule has 96 valence electrons. The molecule has 0 aliphatic carbocycles. The number of primary amides is 1. The summed E-state index contributed by atoms with van der Waals surface area (Å²) in [5.74, 6) is -1.27. The summed E-state index contributed by atoms with van der Waals surface area (Å²) >= 11 is 0. The Kier molecular flexibility index (Phi) is 3.23. The number of nitrogens with two attached hydrogens (primary N) is 1. The lowest BCUT2D eigenvalue weighted by Crippen LogP contribution is -2.36. The number of nitrogens with zero attached hydrogens (tertiary/aromatic N) is 1. The lowest BCUT2D eigenvalue weighted by molar-refractivity contribution is -0.138. The summed E-state index contributed by atoms with van der Waals surface area (Å²) in [7, 11) is 0. The number of amides is 1. The molecule has 1 aromatic rings. The molecule has 0 radical (unpaired) electrons. The third kappa shape index (κ3) is 2.16. The quantitative estimate of drug-likeness (QED) is 0.840. The van der Waals surface area contributed by atoms with Crippen molar-refractivity contribution in [2.75, 3.05) is 11.4 Å². The number of carboxylic acid groups (broad SMARTS) is 1. The third-order valence-electron chi connectivity index (χ3n) is 3.33. The number of hydrogen-bond acceptors (Lipinski definition) is 3. The second-order valence-electron chi connectivity index (χ2n) is 4.56. The second-order valence-corrected chi connectivity index (χ2v) is 4.56. The molecule has 0 spiro atoms. The first-order valence-electron chi connectivity index (χ1n) is 5.90. The zero-order valence-electron chi connectivity index (χ0n) is 10.2. The molecule has 5 heteroatoms. The first-order valence-corrected chi connectivity index (χ1v) is 5.90. The van der Waals surface area contributed by atoms with Crippen LogP contribution in [0.25, 0.3) is 0 Å². The highest BCUT2D eigenvalue weighted by molar-refractivity contribution is 5.93. The molecule has 1 atom stereocenters. The van der Waals surface area contributed by atoms with Crippen molar-refractivity contribution in [1.29, 1.82) is 0 Å². The first-order chi connectivity index (χ1) is 8.50. The summed E-state index contributed by atoms with van der Waals surface area (Å²) < 4.78 is 0. The van der Waals surface area contributed by atoms with Gasteiger partial charge in [-0.25, -0.2) is 4.79 Å². The summed E-state index contributed by atoms with van der Waals surface area (Å²) in [6, 6.07) is 4.65. The van der Waals surface area contributed by atoms with Crippen LogP contribution in [0, 0.1) is 6.92 Å². The van der Waals surface area contributed by atoms with Gasteiger partial charge in [0.1, 0.15) is 6.04 Å². The Morgan fingerprint density at radius 1 is 1.44 bits per heavy atom. The standard InChI is InChI=1S/C13H16N2O3/c1-8-7-9(12(14)16)4-5-10(8)15-6-2-3-11(15)13(17)18/h4-5,7,11H,2-3,6H2,1H3,(H2,14,16)(H,17,18). The van der Waals surface area contributed by atoms with Crippen LogP contribution in [0.3, 0.4) is 0 Å². The van der Waals surface area contributed by atoms with Crippen molar-refractivity contribution in [3.8, 4) is 0 Å². The van der Waals surface area contributed by atoms with Gasteiger partial charge < -0.3 is 15.7 Å². The maximum Gasteiger partial charge on any atom is 0.326 e. The molecule has 5 nitrogen and oxygen atoms in total. The van der Waals surface area contributed by atoms with Gasteiger partial charge in [0.2, 0.25) is 5.91 Å². The zero-order chi connectivity index (χ0) is 13.3. The van der Waals surface area contributed by atoms with Gasteiger partial charge in [0, 0.05) is 17.8 Å². The van der Waals surface area contributed by atoms with Crippen molar-refractivity contribution >= 4 is 17.6 Å². The molecule has 0 aromatic heterocycles. The van der Waals surface area contributed by atoms with Gasteiger partial charge in [-0.2, -0.15) is 0 Å². The van der Waals surface area contributed by atoms with Crippen molar-refractivity contribution in [1.82, 2.24) is 0 Å². The fourth-order valence-corrected chi connectivity index (χ4v) is 2.44. The van der Waals surface area contributed by atoms with E-state index in [4.69, 9.17) is 10.8 Å². The van der Waals surface area contributed by atoms with Crippen LogP contribution in [0.1, 0.15) is 28.8 Å². The SMILES string of the molecule is Cc1cc(C(N)=O)ccc1N1CCCC1C(=O)O. The van der Waals surface area contributed by atoms with Crippen molar-refractivity contribution < 1.29 is 14.7 Å². The van der Waals surface area contributed by atoms with E-state index in [-0.39, 0.29) is 0 Å². The van der Waals surface area contributed by atoms with Gasteiger partial charge in [0.05, 0.1) is 0 Å². The Hall–Kier alpha value is -2.04. The van der Waals surface area contributed by atoms with Crippen LogP contribution in [0.2, 0.25) is 0 Å². The number of benzene rings is 1. The molecule has 1 saturated heterocycles. The highest BCUT2D eigenvalue weighted by atomic mass is 16.4. The molecular weight excluding hydrogens is 232 g/mol. The summed E-state index contributed by atoms with van der Waals surface area (Å²) in [5, 5.41) is 9.16. The van der Waals surface area contributed by atoms with Crippen LogP contribution in [-0.4, -0.2) is 29.6 Å². The van der Waals surface area contributed by atoms with E-state index < -0.39 is 17.9 Å². The van der Waals surface area contributed by atoms with Crippen LogP contribution >= 0.6 is 0 Å². The number of hydrogen-bond donors (Lipinski definition) is 2. The van der Waals surface area contributed by atoms with Crippen molar-refractivity contribution in [2.45, 2.75) is 25.8 Å². The van der Waals surface area contributed by atoms with Gasteiger partial charge >= 0.3 is 5.97 Å². The van der Waals surface area contributed by atoms with Crippen molar-refractivity contribution in [3.63, 3.8) is 0 Å². The van der Waals surface area contributed by atoms with Crippen LogP contribution in [0.4, 0.5) is 5.69 Å². The molecule has 1 unspecified atom stereocenters. The number of aryl methyl sites for hydroxylation is 1. The highest BCUT2D eigenvalue weighted by Gasteiger charge is 2.31. The lowest BCUT2D eigenvalue weighted by atomic mass is 10.1. The molecule has 1 aliphatic rings. The molecule has 1 aliphatic heterocycles. The van der Waals surface area contributed by atoms with Gasteiger partial charge in [-0.1, -0.05) is 0 Å². The summed E-state index contributed by atoms with van der Waals surface area (Å²) in [5.41, 5.74) is 7.40. The first kappa shape index (κ1) is 12.4. The van der Waals surface area contributed by atoms with E-state index in [1.165, 1.54) is 0 Å². The van der Waals surface area contributed by atoms with E-state index in [0.29, 0.717) is 12.0 Å². The molecular formula is C13H16N2O3. The Morgan fingerprint density at radius 3 is 2.72 bits per heavy atom. The Balaban J connectivity index is 2.33. The van der Waals surface area contributed by atoms with Crippen LogP contribution in [0.15, 0.2) is 18.2 Å². The molecule has 0 bridgehead atoms. The zero-order valence-corrected chi connectivity index (χ0v) is 10.2. The minimum Gasteiger partial charge on any atom is -0.480 e. The smallest absolute Gasteiger partial charge is 0.326 e. The number of carbonyl (C=O) groups is 2. The normalized spacial score (nSPS) is 18.9. The number of rotatable bonds is 3. The minimum absolute atomic E-state index is 0.447. The third-order valence-corrected chi connectivity index (χ3v) is 3.33. The van der Waals surface area contributed by atoms with Crippen molar-refractivity contribution in [3.05, 3.63) is 29.3 Å². The highest BCUT2D eigenvalue weighted by Crippen LogP contribution is 2.29. The monoisotopic (exact) mass is 248 g/mol. The fraction of sp³-hybridized carbons (Fsp3) is 0.385. The Morgan fingerprint density at radius 2 is 2.17 bits per heavy atom. The number of carboxylic acids is 1. The Labute approximate surface area is 105 Å². The Bertz CT molecular complexity index is 499. The van der Waals surface area contributed by atoms with Crippen molar-refractivity contribution in [2.24, 2.45) is 5.73 Å². The fourth-order valence-electron chi connectivity index (χ4n) is 2.44. The molecule has 1 heterocycles.